The fourth-order valence-electron chi connectivity index (χ4n) is 1.82. The first-order chi connectivity index (χ1) is 10.9. The normalized spacial score (nSPS) is 11.7. The molecule has 0 saturated heterocycles. The van der Waals surface area contributed by atoms with Gasteiger partial charge in [-0.15, -0.1) is 11.3 Å². The van der Waals surface area contributed by atoms with E-state index in [0.717, 1.165) is 36.5 Å². The molecule has 0 saturated carbocycles. The van der Waals surface area contributed by atoms with Gasteiger partial charge < -0.3 is 10.2 Å². The Hall–Kier alpha value is -1.35. The Kier molecular flexibility index (Phi) is 6.23. The first-order valence-electron chi connectivity index (χ1n) is 6.99. The molecule has 23 heavy (non-hydrogen) atoms. The van der Waals surface area contributed by atoms with Crippen molar-refractivity contribution >= 4 is 44.5 Å². The molecule has 2 N–H and O–H groups in total. The van der Waals surface area contributed by atoms with Crippen molar-refractivity contribution in [1.82, 2.24) is 9.88 Å². The van der Waals surface area contributed by atoms with Crippen LogP contribution < -0.4 is 10.0 Å². The van der Waals surface area contributed by atoms with Crippen molar-refractivity contribution in [2.24, 2.45) is 0 Å². The van der Waals surface area contributed by atoms with Crippen LogP contribution in [0, 0.1) is 0 Å². The molecule has 6 nitrogen and oxygen atoms in total. The zero-order valence-electron chi connectivity index (χ0n) is 12.9. The van der Waals surface area contributed by atoms with Crippen molar-refractivity contribution in [2.45, 2.75) is 10.6 Å². The number of pyridine rings is 1. The van der Waals surface area contributed by atoms with Crippen LogP contribution in [0.15, 0.2) is 34.7 Å². The molecule has 2 rings (SSSR count). The van der Waals surface area contributed by atoms with Gasteiger partial charge in [0.15, 0.2) is 0 Å². The van der Waals surface area contributed by atoms with Gasteiger partial charge >= 0.3 is 0 Å². The molecule has 0 aromatic carbocycles. The monoisotopic (exact) mass is 374 g/mol. The molecule has 0 unspecified atom stereocenters. The van der Waals surface area contributed by atoms with E-state index in [0.29, 0.717) is 4.34 Å². The summed E-state index contributed by atoms with van der Waals surface area (Å²) >= 11 is 6.77. The third kappa shape index (κ3) is 5.65. The standard InChI is InChI=1S/C14H19ClN4O2S2/c1-19(2)9-3-8-16-11-4-6-13(17-10-11)18-23(20,21)14-7-5-12(15)22-14/h4-7,10,16H,3,8-9H2,1-2H3,(H,17,18). The van der Waals surface area contributed by atoms with Crippen molar-refractivity contribution in [2.75, 3.05) is 37.2 Å². The molecule has 126 valence electrons. The smallest absolute Gasteiger partial charge is 0.272 e. The summed E-state index contributed by atoms with van der Waals surface area (Å²) in [5.74, 6) is 0.272. The highest BCUT2D eigenvalue weighted by Gasteiger charge is 2.17. The molecule has 9 heteroatoms. The minimum atomic E-state index is -3.64. The summed E-state index contributed by atoms with van der Waals surface area (Å²) in [7, 11) is 0.422. The van der Waals surface area contributed by atoms with E-state index in [1.54, 1.807) is 24.4 Å². The van der Waals surface area contributed by atoms with Gasteiger partial charge in [0.1, 0.15) is 10.0 Å². The third-order valence-corrected chi connectivity index (χ3v) is 6.00. The zero-order valence-corrected chi connectivity index (χ0v) is 15.3. The van der Waals surface area contributed by atoms with E-state index in [-0.39, 0.29) is 10.0 Å². The Labute approximate surface area is 145 Å². The highest BCUT2D eigenvalue weighted by atomic mass is 35.5. The number of anilines is 2. The van der Waals surface area contributed by atoms with E-state index < -0.39 is 10.0 Å². The van der Waals surface area contributed by atoms with Crippen LogP contribution in [0.4, 0.5) is 11.5 Å². The van der Waals surface area contributed by atoms with Crippen LogP contribution in [-0.2, 0) is 10.0 Å². The molecule has 0 aliphatic heterocycles. The van der Waals surface area contributed by atoms with Gasteiger partial charge in [0.05, 0.1) is 16.2 Å². The maximum absolute atomic E-state index is 12.2. The van der Waals surface area contributed by atoms with Crippen LogP contribution in [0.2, 0.25) is 4.34 Å². The van der Waals surface area contributed by atoms with Crippen LogP contribution in [0.5, 0.6) is 0 Å². The Balaban J connectivity index is 1.92. The highest BCUT2D eigenvalue weighted by Crippen LogP contribution is 2.26. The minimum absolute atomic E-state index is 0.162. The average molecular weight is 375 g/mol. The summed E-state index contributed by atoms with van der Waals surface area (Å²) in [5.41, 5.74) is 0.853. The fraction of sp³-hybridized carbons (Fsp3) is 0.357. The topological polar surface area (TPSA) is 74.3 Å². The van der Waals surface area contributed by atoms with E-state index >= 15 is 0 Å². The second-order valence-corrected chi connectivity index (χ2v) is 8.80. The van der Waals surface area contributed by atoms with E-state index in [1.807, 2.05) is 14.1 Å². The third-order valence-electron chi connectivity index (χ3n) is 2.93. The van der Waals surface area contributed by atoms with Crippen LogP contribution in [0.3, 0.4) is 0 Å². The lowest BCUT2D eigenvalue weighted by atomic mass is 10.3. The number of thiophene rings is 1. The van der Waals surface area contributed by atoms with Crippen molar-refractivity contribution in [1.29, 1.82) is 0 Å². The number of nitrogens with one attached hydrogen (secondary N) is 2. The molecule has 0 fully saturated rings. The molecule has 0 bridgehead atoms. The van der Waals surface area contributed by atoms with E-state index in [9.17, 15) is 8.42 Å². The van der Waals surface area contributed by atoms with Crippen molar-refractivity contribution in [3.8, 4) is 0 Å². The molecular formula is C14H19ClN4O2S2. The SMILES string of the molecule is CN(C)CCCNc1ccc(NS(=O)(=O)c2ccc(Cl)s2)nc1. The maximum atomic E-state index is 12.2. The maximum Gasteiger partial charge on any atom is 0.272 e. The molecule has 0 radical (unpaired) electrons. The van der Waals surface area contributed by atoms with Crippen LogP contribution in [0.1, 0.15) is 6.42 Å². The molecule has 2 aromatic rings. The average Bonchev–Trinajstić information content (AvgIpc) is 2.92. The molecule has 2 heterocycles. The first-order valence-corrected chi connectivity index (χ1v) is 9.67. The molecule has 2 aromatic heterocycles. The summed E-state index contributed by atoms with van der Waals surface area (Å²) in [6.45, 7) is 1.83. The number of halogens is 1. The number of rotatable bonds is 8. The summed E-state index contributed by atoms with van der Waals surface area (Å²) in [4.78, 5) is 6.24. The van der Waals surface area contributed by atoms with Crippen LogP contribution in [-0.4, -0.2) is 45.5 Å². The van der Waals surface area contributed by atoms with Crippen molar-refractivity contribution in [3.05, 3.63) is 34.8 Å². The fourth-order valence-corrected chi connectivity index (χ4v) is 4.31. The minimum Gasteiger partial charge on any atom is -0.384 e. The molecular weight excluding hydrogens is 356 g/mol. The van der Waals surface area contributed by atoms with Gasteiger partial charge in [0, 0.05) is 6.54 Å². The van der Waals surface area contributed by atoms with Crippen LogP contribution >= 0.6 is 22.9 Å². The van der Waals surface area contributed by atoms with Gasteiger partial charge in [0.2, 0.25) is 0 Å². The molecule has 0 spiro atoms. The van der Waals surface area contributed by atoms with Crippen molar-refractivity contribution in [3.63, 3.8) is 0 Å². The Bertz CT molecular complexity index is 729. The van der Waals surface area contributed by atoms with E-state index in [4.69, 9.17) is 11.6 Å². The molecule has 0 atom stereocenters. The van der Waals surface area contributed by atoms with Gasteiger partial charge in [-0.25, -0.2) is 13.4 Å². The Morgan fingerprint density at radius 1 is 1.26 bits per heavy atom. The lowest BCUT2D eigenvalue weighted by Crippen LogP contribution is -2.16. The summed E-state index contributed by atoms with van der Waals surface area (Å²) in [6.07, 6.45) is 2.62. The predicted molar refractivity (Wildman–Crippen MR) is 96.0 cm³/mol. The summed E-state index contributed by atoms with van der Waals surface area (Å²) in [6, 6.07) is 6.44. The Morgan fingerprint density at radius 2 is 2.04 bits per heavy atom. The largest absolute Gasteiger partial charge is 0.384 e. The second-order valence-electron chi connectivity index (χ2n) is 5.18. The lowest BCUT2D eigenvalue weighted by molar-refractivity contribution is 0.405. The van der Waals surface area contributed by atoms with Gasteiger partial charge in [-0.2, -0.15) is 0 Å². The number of hydrogen-bond acceptors (Lipinski definition) is 6. The predicted octanol–water partition coefficient (Wildman–Crippen LogP) is 2.96. The zero-order chi connectivity index (χ0) is 16.9. The van der Waals surface area contributed by atoms with Crippen LogP contribution in [0.25, 0.3) is 0 Å². The summed E-state index contributed by atoms with van der Waals surface area (Å²) < 4.78 is 27.3. The number of hydrogen-bond donors (Lipinski definition) is 2. The number of sulfonamides is 1. The first kappa shape index (κ1) is 18.0. The second kappa shape index (κ2) is 7.96. The van der Waals surface area contributed by atoms with Crippen molar-refractivity contribution < 1.29 is 8.42 Å². The summed E-state index contributed by atoms with van der Waals surface area (Å²) in [5, 5.41) is 3.24. The van der Waals surface area contributed by atoms with Gasteiger partial charge in [-0.3, -0.25) is 4.72 Å². The molecule has 0 aliphatic rings. The Morgan fingerprint density at radius 3 is 2.61 bits per heavy atom. The van der Waals surface area contributed by atoms with Gasteiger partial charge in [0.25, 0.3) is 10.0 Å². The molecule has 0 aliphatic carbocycles. The highest BCUT2D eigenvalue weighted by molar-refractivity contribution is 7.94. The van der Waals surface area contributed by atoms with E-state index in [1.165, 1.54) is 6.07 Å². The quantitative estimate of drug-likeness (QED) is 0.695. The lowest BCUT2D eigenvalue weighted by Gasteiger charge is -2.11. The number of nitrogens with zero attached hydrogens (tertiary/aromatic N) is 2. The van der Waals surface area contributed by atoms with Gasteiger partial charge in [-0.05, 0) is 51.3 Å². The van der Waals surface area contributed by atoms with E-state index in [2.05, 4.69) is 19.9 Å². The molecule has 0 amide bonds. The number of aromatic nitrogens is 1. The van der Waals surface area contributed by atoms with Gasteiger partial charge in [-0.1, -0.05) is 11.6 Å².